The zero-order valence-corrected chi connectivity index (χ0v) is 16.8. The molecule has 0 aliphatic heterocycles. The van der Waals surface area contributed by atoms with Crippen molar-refractivity contribution in [1.29, 1.82) is 0 Å². The molecule has 154 valence electrons. The number of rotatable bonds is 4. The van der Waals surface area contributed by atoms with Crippen LogP contribution in [0.1, 0.15) is 55.4 Å². The van der Waals surface area contributed by atoms with Crippen molar-refractivity contribution in [2.75, 3.05) is 0 Å². The van der Waals surface area contributed by atoms with Gasteiger partial charge in [-0.05, 0) is 35.4 Å². The molecule has 0 bridgehead atoms. The normalized spacial score (nSPS) is 23.8. The highest BCUT2D eigenvalue weighted by Gasteiger charge is 2.43. The fraction of sp³-hybridized carbons (Fsp3) is 0.417. The van der Waals surface area contributed by atoms with Crippen LogP contribution < -0.4 is 0 Å². The summed E-state index contributed by atoms with van der Waals surface area (Å²) in [6, 6.07) is 13.2. The Labute approximate surface area is 174 Å². The summed E-state index contributed by atoms with van der Waals surface area (Å²) in [5.41, 5.74) is 0.180. The van der Waals surface area contributed by atoms with Crippen LogP contribution in [0.2, 0.25) is 0 Å². The van der Waals surface area contributed by atoms with E-state index in [0.29, 0.717) is 17.4 Å². The maximum absolute atomic E-state index is 13.5. The molecule has 0 N–H and O–H groups in total. The number of aromatic nitrogens is 1. The Bertz CT molecular complexity index is 1110. The predicted octanol–water partition coefficient (Wildman–Crippen LogP) is 6.19. The second-order valence-corrected chi connectivity index (χ2v) is 8.60. The lowest BCUT2D eigenvalue weighted by molar-refractivity contribution is -0.384. The molecular formula is C24H24N2O4. The summed E-state index contributed by atoms with van der Waals surface area (Å²) >= 11 is 0. The number of benzene rings is 2. The van der Waals surface area contributed by atoms with Crippen molar-refractivity contribution in [3.63, 3.8) is 0 Å². The minimum atomic E-state index is -0.512. The Balaban J connectivity index is 1.58. The van der Waals surface area contributed by atoms with Gasteiger partial charge in [-0.1, -0.05) is 79.7 Å². The van der Waals surface area contributed by atoms with Gasteiger partial charge in [0.15, 0.2) is 5.78 Å². The monoisotopic (exact) mass is 404 g/mol. The molecule has 0 saturated heterocycles. The minimum absolute atomic E-state index is 0.0659. The first-order valence-electron chi connectivity index (χ1n) is 10.8. The predicted molar refractivity (Wildman–Crippen MR) is 113 cm³/mol. The van der Waals surface area contributed by atoms with Crippen molar-refractivity contribution >= 4 is 22.2 Å². The van der Waals surface area contributed by atoms with Gasteiger partial charge in [0, 0.05) is 11.5 Å². The quantitative estimate of drug-likeness (QED) is 0.294. The zero-order chi connectivity index (χ0) is 20.7. The van der Waals surface area contributed by atoms with Crippen molar-refractivity contribution in [2.45, 2.75) is 44.9 Å². The minimum Gasteiger partial charge on any atom is -0.348 e. The number of fused-ring (bicyclic) bond motifs is 2. The number of nitro groups is 1. The van der Waals surface area contributed by atoms with Crippen molar-refractivity contribution in [2.24, 2.45) is 17.8 Å². The van der Waals surface area contributed by atoms with Gasteiger partial charge in [-0.2, -0.15) is 0 Å². The topological polar surface area (TPSA) is 86.2 Å². The Morgan fingerprint density at radius 3 is 2.63 bits per heavy atom. The molecule has 0 amide bonds. The molecule has 1 aromatic heterocycles. The van der Waals surface area contributed by atoms with E-state index in [0.717, 1.165) is 49.3 Å². The van der Waals surface area contributed by atoms with Gasteiger partial charge in [-0.3, -0.25) is 14.9 Å². The summed E-state index contributed by atoms with van der Waals surface area (Å²) in [7, 11) is 0. The number of ketones is 1. The summed E-state index contributed by atoms with van der Waals surface area (Å²) in [6.07, 6.45) is 7.49. The molecule has 3 atom stereocenters. The second kappa shape index (κ2) is 7.67. The van der Waals surface area contributed by atoms with E-state index < -0.39 is 4.92 Å². The number of hydrogen-bond donors (Lipinski definition) is 0. The lowest BCUT2D eigenvalue weighted by Gasteiger charge is -2.40. The van der Waals surface area contributed by atoms with Crippen molar-refractivity contribution in [3.8, 4) is 11.3 Å². The number of hydrogen-bond acceptors (Lipinski definition) is 5. The van der Waals surface area contributed by atoms with Crippen LogP contribution in [-0.2, 0) is 0 Å². The molecule has 0 spiro atoms. The smallest absolute Gasteiger partial charge is 0.347 e. The average Bonchev–Trinajstić information content (AvgIpc) is 3.23. The molecule has 30 heavy (non-hydrogen) atoms. The number of nitrogens with zero attached hydrogens (tertiary/aromatic N) is 2. The molecule has 2 saturated carbocycles. The maximum atomic E-state index is 13.5. The third-order valence-corrected chi connectivity index (χ3v) is 7.03. The van der Waals surface area contributed by atoms with E-state index in [1.807, 2.05) is 36.4 Å². The highest BCUT2D eigenvalue weighted by Crippen LogP contribution is 2.46. The Kier molecular flexibility index (Phi) is 4.85. The summed E-state index contributed by atoms with van der Waals surface area (Å²) < 4.78 is 5.49. The molecule has 2 aliphatic rings. The first kappa shape index (κ1) is 19.0. The first-order valence-corrected chi connectivity index (χ1v) is 10.8. The summed E-state index contributed by atoms with van der Waals surface area (Å²) in [5.74, 6) is 0.542. The highest BCUT2D eigenvalue weighted by molar-refractivity contribution is 6.04. The Morgan fingerprint density at radius 1 is 1.00 bits per heavy atom. The van der Waals surface area contributed by atoms with Crippen LogP contribution in [-0.4, -0.2) is 15.9 Å². The average molecular weight is 404 g/mol. The van der Waals surface area contributed by atoms with Gasteiger partial charge < -0.3 is 4.52 Å². The SMILES string of the molecule is O=C(c1noc(-c2cccc3ccccc23)c1[N+](=O)[O-])C1CCCC2CCCCC21. The molecule has 3 aromatic rings. The molecule has 5 rings (SSSR count). The van der Waals surface area contributed by atoms with E-state index in [2.05, 4.69) is 5.16 Å². The lowest BCUT2D eigenvalue weighted by atomic mass is 9.64. The van der Waals surface area contributed by atoms with Gasteiger partial charge in [-0.25, -0.2) is 0 Å². The van der Waals surface area contributed by atoms with Crippen LogP contribution in [0, 0.1) is 27.9 Å². The first-order chi connectivity index (χ1) is 14.6. The lowest BCUT2D eigenvalue weighted by Crippen LogP contribution is -2.35. The van der Waals surface area contributed by atoms with Crippen LogP contribution in [0.25, 0.3) is 22.1 Å². The standard InChI is InChI=1S/C24H24N2O4/c27-23(19-13-5-9-15-7-1-3-11-17(15)19)21-22(26(28)29)24(30-25-21)20-14-6-10-16-8-2-4-12-18(16)20/h2,4,6,8,10,12,14-15,17,19H,1,3,5,7,9,11,13H2. The van der Waals surface area contributed by atoms with Gasteiger partial charge in [-0.15, -0.1) is 0 Å². The fourth-order valence-corrected chi connectivity index (χ4v) is 5.66. The van der Waals surface area contributed by atoms with E-state index in [9.17, 15) is 14.9 Å². The molecule has 6 nitrogen and oxygen atoms in total. The van der Waals surface area contributed by atoms with Crippen LogP contribution in [0.15, 0.2) is 47.0 Å². The van der Waals surface area contributed by atoms with Gasteiger partial charge in [0.05, 0.1) is 4.92 Å². The Morgan fingerprint density at radius 2 is 1.77 bits per heavy atom. The van der Waals surface area contributed by atoms with Gasteiger partial charge in [0.2, 0.25) is 11.5 Å². The zero-order valence-electron chi connectivity index (χ0n) is 16.8. The van der Waals surface area contributed by atoms with Crippen LogP contribution >= 0.6 is 0 Å². The van der Waals surface area contributed by atoms with Crippen molar-refractivity contribution < 1.29 is 14.2 Å². The van der Waals surface area contributed by atoms with Crippen LogP contribution in [0.5, 0.6) is 0 Å². The van der Waals surface area contributed by atoms with Crippen molar-refractivity contribution in [3.05, 3.63) is 58.3 Å². The molecule has 6 heteroatoms. The molecule has 1 heterocycles. The Hall–Kier alpha value is -3.02. The number of carbonyl (C=O) groups excluding carboxylic acids is 1. The number of Topliss-reactive ketones (excluding diaryl/α,β-unsaturated/α-hetero) is 1. The fourth-order valence-electron chi connectivity index (χ4n) is 5.66. The van der Waals surface area contributed by atoms with Crippen molar-refractivity contribution in [1.82, 2.24) is 5.16 Å². The van der Waals surface area contributed by atoms with E-state index in [-0.39, 0.29) is 28.8 Å². The molecule has 2 aliphatic carbocycles. The third kappa shape index (κ3) is 3.11. The second-order valence-electron chi connectivity index (χ2n) is 8.60. The maximum Gasteiger partial charge on any atom is 0.347 e. The van der Waals surface area contributed by atoms with E-state index in [1.54, 1.807) is 6.07 Å². The third-order valence-electron chi connectivity index (χ3n) is 7.03. The molecule has 2 aromatic carbocycles. The molecular weight excluding hydrogens is 380 g/mol. The van der Waals surface area contributed by atoms with E-state index in [1.165, 1.54) is 6.42 Å². The van der Waals surface area contributed by atoms with Gasteiger partial charge >= 0.3 is 5.69 Å². The van der Waals surface area contributed by atoms with E-state index in [4.69, 9.17) is 4.52 Å². The van der Waals surface area contributed by atoms with Crippen LogP contribution in [0.4, 0.5) is 5.69 Å². The van der Waals surface area contributed by atoms with Gasteiger partial charge in [0.1, 0.15) is 0 Å². The molecule has 0 radical (unpaired) electrons. The number of carbonyl (C=O) groups is 1. The summed E-state index contributed by atoms with van der Waals surface area (Å²) in [5, 5.41) is 17.8. The van der Waals surface area contributed by atoms with Gasteiger partial charge in [0.25, 0.3) is 0 Å². The largest absolute Gasteiger partial charge is 0.348 e. The van der Waals surface area contributed by atoms with E-state index >= 15 is 0 Å². The highest BCUT2D eigenvalue weighted by atomic mass is 16.6. The summed E-state index contributed by atoms with van der Waals surface area (Å²) in [6.45, 7) is 0. The summed E-state index contributed by atoms with van der Waals surface area (Å²) in [4.78, 5) is 25.0. The van der Waals surface area contributed by atoms with Crippen LogP contribution in [0.3, 0.4) is 0 Å². The molecule has 2 fully saturated rings. The molecule has 3 unspecified atom stereocenters.